The molecule has 0 aromatic heterocycles. The molecular weight excluding hydrogens is 194 g/mol. The topological polar surface area (TPSA) is 55.4 Å². The van der Waals surface area contributed by atoms with Crippen molar-refractivity contribution in [2.75, 3.05) is 13.1 Å². The molecule has 0 radical (unpaired) electrons. The normalized spacial score (nSPS) is 17.4. The van der Waals surface area contributed by atoms with Crippen molar-refractivity contribution in [2.45, 2.75) is 39.0 Å². The fraction of sp³-hybridized carbons (Fsp3) is 0.818. The Kier molecular flexibility index (Phi) is 5.32. The van der Waals surface area contributed by atoms with Gasteiger partial charge in [0.1, 0.15) is 0 Å². The molecule has 4 heteroatoms. The predicted molar refractivity (Wildman–Crippen MR) is 56.2 cm³/mol. The minimum atomic E-state index is -0.426. The summed E-state index contributed by atoms with van der Waals surface area (Å²) in [5.41, 5.74) is 0. The van der Waals surface area contributed by atoms with Crippen molar-refractivity contribution >= 4 is 11.9 Å². The Bertz CT molecular complexity index is 222. The van der Waals surface area contributed by atoms with Crippen LogP contribution in [-0.4, -0.2) is 25.0 Å². The van der Waals surface area contributed by atoms with Crippen LogP contribution in [0.2, 0.25) is 0 Å². The lowest BCUT2D eigenvalue weighted by molar-refractivity contribution is -0.159. The lowest BCUT2D eigenvalue weighted by Gasteiger charge is -2.21. The highest BCUT2D eigenvalue weighted by Gasteiger charge is 2.16. The Balaban J connectivity index is 2.12. The van der Waals surface area contributed by atoms with E-state index in [0.717, 1.165) is 32.4 Å². The highest BCUT2D eigenvalue weighted by atomic mass is 16.6. The quantitative estimate of drug-likeness (QED) is 0.564. The summed E-state index contributed by atoms with van der Waals surface area (Å²) in [5, 5.41) is 3.27. The molecule has 1 heterocycles. The van der Waals surface area contributed by atoms with E-state index in [4.69, 9.17) is 0 Å². The van der Waals surface area contributed by atoms with Gasteiger partial charge < -0.3 is 10.1 Å². The predicted octanol–water partition coefficient (Wildman–Crippen LogP) is 1.25. The second kappa shape index (κ2) is 6.56. The zero-order valence-electron chi connectivity index (χ0n) is 9.25. The van der Waals surface area contributed by atoms with Crippen molar-refractivity contribution < 1.29 is 14.3 Å². The molecule has 1 aliphatic rings. The molecule has 0 aromatic carbocycles. The van der Waals surface area contributed by atoms with Gasteiger partial charge in [-0.2, -0.15) is 0 Å². The standard InChI is InChI=1S/C11H19NO3/c1-2-10(13)15-11(14)4-3-9-5-7-12-8-6-9/h9,12H,2-8H2,1H3. The molecule has 1 rings (SSSR count). The smallest absolute Gasteiger partial charge is 0.313 e. The number of ether oxygens (including phenoxy) is 1. The monoisotopic (exact) mass is 213 g/mol. The zero-order valence-corrected chi connectivity index (χ0v) is 9.25. The Morgan fingerprint density at radius 2 is 1.93 bits per heavy atom. The molecule has 0 saturated carbocycles. The highest BCUT2D eigenvalue weighted by molar-refractivity contribution is 5.85. The first-order chi connectivity index (χ1) is 7.22. The van der Waals surface area contributed by atoms with Gasteiger partial charge in [0.25, 0.3) is 0 Å². The summed E-state index contributed by atoms with van der Waals surface area (Å²) >= 11 is 0. The molecule has 1 saturated heterocycles. The van der Waals surface area contributed by atoms with Crippen molar-refractivity contribution in [3.05, 3.63) is 0 Å². The van der Waals surface area contributed by atoms with Crippen LogP contribution < -0.4 is 5.32 Å². The molecule has 0 atom stereocenters. The van der Waals surface area contributed by atoms with Crippen molar-refractivity contribution in [2.24, 2.45) is 5.92 Å². The molecule has 15 heavy (non-hydrogen) atoms. The van der Waals surface area contributed by atoms with Crippen molar-refractivity contribution in [1.82, 2.24) is 5.32 Å². The van der Waals surface area contributed by atoms with Gasteiger partial charge in [-0.15, -0.1) is 0 Å². The third-order valence-corrected chi connectivity index (χ3v) is 2.73. The highest BCUT2D eigenvalue weighted by Crippen LogP contribution is 2.17. The summed E-state index contributed by atoms with van der Waals surface area (Å²) in [6.45, 7) is 3.75. The van der Waals surface area contributed by atoms with E-state index >= 15 is 0 Å². The second-order valence-electron chi connectivity index (χ2n) is 3.93. The van der Waals surface area contributed by atoms with Gasteiger partial charge in [-0.3, -0.25) is 9.59 Å². The fourth-order valence-electron chi connectivity index (χ4n) is 1.74. The molecule has 1 N–H and O–H groups in total. The molecule has 0 aromatic rings. The summed E-state index contributed by atoms with van der Waals surface area (Å²) in [6.07, 6.45) is 3.72. The molecule has 86 valence electrons. The number of hydrogen-bond acceptors (Lipinski definition) is 4. The minimum Gasteiger partial charge on any atom is -0.393 e. The zero-order chi connectivity index (χ0) is 11.1. The van der Waals surface area contributed by atoms with Crippen molar-refractivity contribution in [1.29, 1.82) is 0 Å². The van der Waals surface area contributed by atoms with Crippen molar-refractivity contribution in [3.8, 4) is 0 Å². The fourth-order valence-corrected chi connectivity index (χ4v) is 1.74. The van der Waals surface area contributed by atoms with Gasteiger partial charge >= 0.3 is 11.9 Å². The van der Waals surface area contributed by atoms with Gasteiger partial charge in [-0.1, -0.05) is 6.92 Å². The summed E-state index contributed by atoms with van der Waals surface area (Å²) in [4.78, 5) is 22.0. The van der Waals surface area contributed by atoms with Crippen LogP contribution in [0.4, 0.5) is 0 Å². The molecule has 0 amide bonds. The molecule has 1 aliphatic heterocycles. The maximum absolute atomic E-state index is 11.2. The van der Waals surface area contributed by atoms with Crippen LogP contribution >= 0.6 is 0 Å². The van der Waals surface area contributed by atoms with Crippen LogP contribution in [0.3, 0.4) is 0 Å². The maximum Gasteiger partial charge on any atom is 0.313 e. The molecule has 1 fully saturated rings. The van der Waals surface area contributed by atoms with Crippen LogP contribution in [-0.2, 0) is 14.3 Å². The van der Waals surface area contributed by atoms with Gasteiger partial charge in [-0.05, 0) is 38.3 Å². The van der Waals surface area contributed by atoms with E-state index in [1.54, 1.807) is 6.92 Å². The number of rotatable bonds is 4. The van der Waals surface area contributed by atoms with Gasteiger partial charge in [0, 0.05) is 12.8 Å². The first-order valence-corrected chi connectivity index (χ1v) is 5.66. The number of carbonyl (C=O) groups is 2. The van der Waals surface area contributed by atoms with E-state index in [1.165, 1.54) is 0 Å². The summed E-state index contributed by atoms with van der Waals surface area (Å²) in [5.74, 6) is -0.193. The van der Waals surface area contributed by atoms with Gasteiger partial charge in [-0.25, -0.2) is 0 Å². The largest absolute Gasteiger partial charge is 0.393 e. The molecule has 4 nitrogen and oxygen atoms in total. The van der Waals surface area contributed by atoms with Gasteiger partial charge in [0.05, 0.1) is 0 Å². The molecule has 0 spiro atoms. The average Bonchev–Trinajstić information content (AvgIpc) is 2.27. The van der Waals surface area contributed by atoms with Crippen LogP contribution in [0, 0.1) is 5.92 Å². The van der Waals surface area contributed by atoms with Gasteiger partial charge in [0.15, 0.2) is 0 Å². The van der Waals surface area contributed by atoms with Gasteiger partial charge in [0.2, 0.25) is 0 Å². The SMILES string of the molecule is CCC(=O)OC(=O)CCC1CCNCC1. The number of nitrogens with one attached hydrogen (secondary N) is 1. The van der Waals surface area contributed by atoms with E-state index < -0.39 is 5.97 Å². The van der Waals surface area contributed by atoms with E-state index in [2.05, 4.69) is 10.1 Å². The Hall–Kier alpha value is -0.900. The molecule has 0 bridgehead atoms. The Labute approximate surface area is 90.4 Å². The first kappa shape index (κ1) is 12.2. The number of carbonyl (C=O) groups excluding carboxylic acids is 2. The second-order valence-corrected chi connectivity index (χ2v) is 3.93. The average molecular weight is 213 g/mol. The summed E-state index contributed by atoms with van der Waals surface area (Å²) in [7, 11) is 0. The third-order valence-electron chi connectivity index (χ3n) is 2.73. The van der Waals surface area contributed by atoms with Crippen LogP contribution in [0.5, 0.6) is 0 Å². The molecular formula is C11H19NO3. The molecule has 0 aliphatic carbocycles. The van der Waals surface area contributed by atoms with Crippen LogP contribution in [0.1, 0.15) is 39.0 Å². The lowest BCUT2D eigenvalue weighted by atomic mass is 9.93. The van der Waals surface area contributed by atoms with Crippen LogP contribution in [0.15, 0.2) is 0 Å². The van der Waals surface area contributed by atoms with E-state index in [0.29, 0.717) is 12.3 Å². The first-order valence-electron chi connectivity index (χ1n) is 5.66. The van der Waals surface area contributed by atoms with Crippen molar-refractivity contribution in [3.63, 3.8) is 0 Å². The summed E-state index contributed by atoms with van der Waals surface area (Å²) in [6, 6.07) is 0. The van der Waals surface area contributed by atoms with E-state index in [-0.39, 0.29) is 12.4 Å². The Morgan fingerprint density at radius 1 is 1.27 bits per heavy atom. The summed E-state index contributed by atoms with van der Waals surface area (Å²) < 4.78 is 4.60. The third kappa shape index (κ3) is 4.93. The minimum absolute atomic E-state index is 0.263. The number of esters is 2. The Morgan fingerprint density at radius 3 is 2.53 bits per heavy atom. The lowest BCUT2D eigenvalue weighted by Crippen LogP contribution is -2.28. The molecule has 0 unspecified atom stereocenters. The van der Waals surface area contributed by atoms with E-state index in [9.17, 15) is 9.59 Å². The number of hydrogen-bond donors (Lipinski definition) is 1. The van der Waals surface area contributed by atoms with Crippen LogP contribution in [0.25, 0.3) is 0 Å². The van der Waals surface area contributed by atoms with E-state index in [1.807, 2.05) is 0 Å². The number of piperidine rings is 1. The maximum atomic E-state index is 11.2.